The van der Waals surface area contributed by atoms with Gasteiger partial charge in [-0.15, -0.1) is 0 Å². The van der Waals surface area contributed by atoms with Crippen molar-refractivity contribution in [3.63, 3.8) is 0 Å². The molecule has 11 heavy (non-hydrogen) atoms. The van der Waals surface area contributed by atoms with Crippen LogP contribution in [0.15, 0.2) is 0 Å². The molecule has 1 saturated heterocycles. The summed E-state index contributed by atoms with van der Waals surface area (Å²) in [6.07, 6.45) is -0.688. The minimum atomic E-state index is -1.42. The standard InChI is InChI=1S/C6H13NO3Si/c1-11(2)3-5(7(9)10)6(8)4-11/h5-6,8H,3-4H2,1-2H3/t5-,6-/m1/s1. The zero-order valence-corrected chi connectivity index (χ0v) is 7.78. The van der Waals surface area contributed by atoms with Crippen LogP contribution in [0.25, 0.3) is 0 Å². The van der Waals surface area contributed by atoms with Gasteiger partial charge in [0.25, 0.3) is 0 Å². The van der Waals surface area contributed by atoms with E-state index in [0.717, 1.165) is 0 Å². The molecule has 5 heteroatoms. The van der Waals surface area contributed by atoms with Crippen molar-refractivity contribution in [3.8, 4) is 0 Å². The van der Waals surface area contributed by atoms with E-state index >= 15 is 0 Å². The predicted octanol–water partition coefficient (Wildman–Crippen LogP) is 0.715. The Kier molecular flexibility index (Phi) is 2.02. The van der Waals surface area contributed by atoms with E-state index in [1.807, 2.05) is 0 Å². The van der Waals surface area contributed by atoms with Gasteiger partial charge in [0.1, 0.15) is 6.10 Å². The number of rotatable bonds is 1. The van der Waals surface area contributed by atoms with Crippen LogP contribution in [0, 0.1) is 10.1 Å². The van der Waals surface area contributed by atoms with E-state index in [1.54, 1.807) is 0 Å². The largest absolute Gasteiger partial charge is 0.386 e. The Morgan fingerprint density at radius 3 is 2.27 bits per heavy atom. The molecule has 0 radical (unpaired) electrons. The van der Waals surface area contributed by atoms with Gasteiger partial charge in [-0.2, -0.15) is 0 Å². The average molecular weight is 175 g/mol. The topological polar surface area (TPSA) is 63.4 Å². The van der Waals surface area contributed by atoms with Gasteiger partial charge in [0.15, 0.2) is 0 Å². The van der Waals surface area contributed by atoms with Crippen LogP contribution in [0.4, 0.5) is 0 Å². The highest BCUT2D eigenvalue weighted by Crippen LogP contribution is 2.31. The SMILES string of the molecule is C[Si]1(C)C[C@@H](O)[C@H]([N+](=O)[O-])C1. The fourth-order valence-electron chi connectivity index (χ4n) is 1.70. The molecule has 0 bridgehead atoms. The van der Waals surface area contributed by atoms with Crippen LogP contribution in [0.5, 0.6) is 0 Å². The summed E-state index contributed by atoms with van der Waals surface area (Å²) < 4.78 is 0. The third-order valence-electron chi connectivity index (χ3n) is 2.24. The minimum absolute atomic E-state index is 0.341. The lowest BCUT2D eigenvalue weighted by Gasteiger charge is -2.10. The average Bonchev–Trinajstić information content (AvgIpc) is 2.05. The summed E-state index contributed by atoms with van der Waals surface area (Å²) in [5, 5.41) is 19.7. The Hall–Kier alpha value is -0.423. The molecular weight excluding hydrogens is 162 g/mol. The molecule has 2 atom stereocenters. The first-order valence-electron chi connectivity index (χ1n) is 3.74. The normalized spacial score (nSPS) is 35.5. The zero-order valence-electron chi connectivity index (χ0n) is 6.78. The Morgan fingerprint density at radius 2 is 2.09 bits per heavy atom. The van der Waals surface area contributed by atoms with Crippen LogP contribution < -0.4 is 0 Å². The molecule has 0 saturated carbocycles. The van der Waals surface area contributed by atoms with Gasteiger partial charge in [0.2, 0.25) is 6.04 Å². The highest BCUT2D eigenvalue weighted by Gasteiger charge is 2.46. The fraction of sp³-hybridized carbons (Fsp3) is 1.00. The lowest BCUT2D eigenvalue weighted by Crippen LogP contribution is -2.27. The third-order valence-corrected chi connectivity index (χ3v) is 5.29. The van der Waals surface area contributed by atoms with Crippen LogP contribution in [0.3, 0.4) is 0 Å². The van der Waals surface area contributed by atoms with Crippen molar-refractivity contribution in [3.05, 3.63) is 10.1 Å². The molecule has 0 aromatic rings. The molecule has 64 valence electrons. The predicted molar refractivity (Wildman–Crippen MR) is 43.9 cm³/mol. The molecule has 0 amide bonds. The maximum Gasteiger partial charge on any atom is 0.235 e. The molecule has 1 fully saturated rings. The molecule has 1 heterocycles. The van der Waals surface area contributed by atoms with Crippen LogP contribution >= 0.6 is 0 Å². The summed E-state index contributed by atoms with van der Waals surface area (Å²) in [4.78, 5) is 10.0. The second-order valence-electron chi connectivity index (χ2n) is 3.99. The zero-order chi connectivity index (χ0) is 8.65. The van der Waals surface area contributed by atoms with Gasteiger partial charge in [-0.05, 0) is 6.04 Å². The molecule has 0 aliphatic carbocycles. The van der Waals surface area contributed by atoms with Gasteiger partial charge < -0.3 is 5.11 Å². The van der Waals surface area contributed by atoms with Gasteiger partial charge in [-0.1, -0.05) is 13.1 Å². The summed E-state index contributed by atoms with van der Waals surface area (Å²) in [7, 11) is -1.42. The van der Waals surface area contributed by atoms with Crippen molar-refractivity contribution in [1.82, 2.24) is 0 Å². The number of nitro groups is 1. The maximum atomic E-state index is 10.4. The monoisotopic (exact) mass is 175 g/mol. The first kappa shape index (κ1) is 8.67. The highest BCUT2D eigenvalue weighted by atomic mass is 28.3. The van der Waals surface area contributed by atoms with Gasteiger partial charge in [-0.3, -0.25) is 10.1 Å². The van der Waals surface area contributed by atoms with Crippen molar-refractivity contribution < 1.29 is 10.0 Å². The van der Waals surface area contributed by atoms with E-state index in [2.05, 4.69) is 13.1 Å². The number of aliphatic hydroxyl groups excluding tert-OH is 1. The molecule has 1 N–H and O–H groups in total. The lowest BCUT2D eigenvalue weighted by atomic mass is 10.2. The van der Waals surface area contributed by atoms with E-state index in [0.29, 0.717) is 12.1 Å². The van der Waals surface area contributed by atoms with E-state index in [9.17, 15) is 15.2 Å². The Balaban J connectivity index is 2.66. The van der Waals surface area contributed by atoms with Gasteiger partial charge in [0, 0.05) is 11.0 Å². The molecule has 1 aliphatic rings. The van der Waals surface area contributed by atoms with E-state index < -0.39 is 20.2 Å². The summed E-state index contributed by atoms with van der Waals surface area (Å²) in [6, 6.07) is 0.622. The fourth-order valence-corrected chi connectivity index (χ4v) is 4.83. The Bertz CT molecular complexity index is 183. The molecule has 1 rings (SSSR count). The summed E-state index contributed by atoms with van der Waals surface area (Å²) in [5.74, 6) is 0. The van der Waals surface area contributed by atoms with Gasteiger partial charge >= 0.3 is 0 Å². The molecule has 4 nitrogen and oxygen atoms in total. The van der Waals surface area contributed by atoms with Gasteiger partial charge in [0.05, 0.1) is 8.07 Å². The Labute approximate surface area is 66.4 Å². The molecule has 0 spiro atoms. The smallest absolute Gasteiger partial charge is 0.235 e. The first-order chi connectivity index (χ1) is 4.92. The first-order valence-corrected chi connectivity index (χ1v) is 7.15. The molecule has 0 aromatic carbocycles. The maximum absolute atomic E-state index is 10.4. The number of hydrogen-bond donors (Lipinski definition) is 1. The second kappa shape index (κ2) is 2.56. The van der Waals surface area contributed by atoms with Crippen molar-refractivity contribution in [2.24, 2.45) is 0 Å². The summed E-state index contributed by atoms with van der Waals surface area (Å²) in [6.45, 7) is 4.17. The summed E-state index contributed by atoms with van der Waals surface area (Å²) in [5.41, 5.74) is 0. The highest BCUT2D eigenvalue weighted by molar-refractivity contribution is 6.78. The third kappa shape index (κ3) is 1.78. The Morgan fingerprint density at radius 1 is 1.55 bits per heavy atom. The molecule has 1 aliphatic heterocycles. The van der Waals surface area contributed by atoms with Crippen molar-refractivity contribution in [2.75, 3.05) is 0 Å². The van der Waals surface area contributed by atoms with Gasteiger partial charge in [-0.25, -0.2) is 0 Å². The quantitative estimate of drug-likeness (QED) is 0.363. The number of nitrogens with zero attached hydrogens (tertiary/aromatic N) is 1. The van der Waals surface area contributed by atoms with E-state index in [4.69, 9.17) is 0 Å². The van der Waals surface area contributed by atoms with Crippen LogP contribution in [-0.4, -0.2) is 30.2 Å². The van der Waals surface area contributed by atoms with E-state index in [-0.39, 0.29) is 4.92 Å². The molecule has 0 unspecified atom stereocenters. The van der Waals surface area contributed by atoms with Crippen LogP contribution in [0.1, 0.15) is 0 Å². The second-order valence-corrected chi connectivity index (χ2v) is 9.14. The lowest BCUT2D eigenvalue weighted by molar-refractivity contribution is -0.526. The summed E-state index contributed by atoms with van der Waals surface area (Å²) >= 11 is 0. The number of aliphatic hydroxyl groups is 1. The molecular formula is C6H13NO3Si. The van der Waals surface area contributed by atoms with Crippen molar-refractivity contribution in [2.45, 2.75) is 37.3 Å². The molecule has 0 aromatic heterocycles. The van der Waals surface area contributed by atoms with Crippen molar-refractivity contribution in [1.29, 1.82) is 0 Å². The van der Waals surface area contributed by atoms with Crippen molar-refractivity contribution >= 4 is 8.07 Å². The number of hydrogen-bond acceptors (Lipinski definition) is 3. The van der Waals surface area contributed by atoms with Crippen LogP contribution in [0.2, 0.25) is 25.2 Å². The van der Waals surface area contributed by atoms with E-state index in [1.165, 1.54) is 0 Å². The van der Waals surface area contributed by atoms with Crippen LogP contribution in [-0.2, 0) is 0 Å². The minimum Gasteiger partial charge on any atom is -0.386 e.